The van der Waals surface area contributed by atoms with Gasteiger partial charge in [-0.15, -0.1) is 0 Å². The van der Waals surface area contributed by atoms with Crippen LogP contribution in [0.5, 0.6) is 0 Å². The average molecular weight is 876 g/mol. The number of hydrogen-bond donors (Lipinski definition) is 5. The van der Waals surface area contributed by atoms with Crippen LogP contribution in [0.1, 0.15) is 296 Å². The molecule has 0 spiro atoms. The molecule has 0 heterocycles. The van der Waals surface area contributed by atoms with Gasteiger partial charge < -0.3 is 25.7 Å². The molecule has 6 nitrogen and oxygen atoms in total. The maximum Gasteiger partial charge on any atom is 0.249 e. The summed E-state index contributed by atoms with van der Waals surface area (Å²) < 4.78 is 0. The lowest BCUT2D eigenvalue weighted by Gasteiger charge is -2.27. The Labute approximate surface area is 386 Å². The summed E-state index contributed by atoms with van der Waals surface area (Å²) in [5, 5.41) is 43.9. The summed E-state index contributed by atoms with van der Waals surface area (Å²) in [4.78, 5) is 12.6. The van der Waals surface area contributed by atoms with Crippen LogP contribution in [0.3, 0.4) is 0 Å². The van der Waals surface area contributed by atoms with Gasteiger partial charge >= 0.3 is 0 Å². The van der Waals surface area contributed by atoms with Crippen LogP contribution in [0, 0.1) is 0 Å². The van der Waals surface area contributed by atoms with E-state index in [-0.39, 0.29) is 0 Å². The number of rotatable bonds is 51. The van der Waals surface area contributed by atoms with E-state index in [0.29, 0.717) is 12.8 Å². The second kappa shape index (κ2) is 50.8. The fraction of sp³-hybridized carbons (Fsp3) is 0.911. The fourth-order valence-electron chi connectivity index (χ4n) is 8.75. The molecule has 1 amide bonds. The molecule has 0 bridgehead atoms. The Balaban J connectivity index is 3.64. The normalized spacial score (nSPS) is 14.0. The third-order valence-electron chi connectivity index (χ3n) is 13.1. The molecule has 0 rings (SSSR count). The smallest absolute Gasteiger partial charge is 0.249 e. The first-order valence-corrected chi connectivity index (χ1v) is 27.7. The molecular weight excluding hydrogens is 767 g/mol. The Morgan fingerprint density at radius 2 is 0.661 bits per heavy atom. The summed E-state index contributed by atoms with van der Waals surface area (Å²) in [7, 11) is 0. The molecular formula is C56H109NO5. The minimum absolute atomic E-state index is 0.364. The number of carbonyl (C=O) groups excluding carboxylic acids is 1. The zero-order valence-corrected chi connectivity index (χ0v) is 41.6. The van der Waals surface area contributed by atoms with Crippen molar-refractivity contribution in [2.24, 2.45) is 0 Å². The minimum Gasteiger partial charge on any atom is -0.394 e. The third-order valence-corrected chi connectivity index (χ3v) is 13.1. The maximum absolute atomic E-state index is 12.6. The van der Waals surface area contributed by atoms with Crippen molar-refractivity contribution in [2.45, 2.75) is 321 Å². The summed E-state index contributed by atoms with van der Waals surface area (Å²) in [5.41, 5.74) is 0. The van der Waals surface area contributed by atoms with Crippen LogP contribution in [0.2, 0.25) is 0 Å². The van der Waals surface area contributed by atoms with Gasteiger partial charge in [-0.25, -0.2) is 0 Å². The van der Waals surface area contributed by atoms with Gasteiger partial charge in [-0.1, -0.05) is 256 Å². The van der Waals surface area contributed by atoms with Gasteiger partial charge in [-0.3, -0.25) is 4.79 Å². The zero-order valence-electron chi connectivity index (χ0n) is 41.6. The van der Waals surface area contributed by atoms with Gasteiger partial charge in [0.2, 0.25) is 5.91 Å². The lowest BCUT2D eigenvalue weighted by atomic mass is 10.00. The summed E-state index contributed by atoms with van der Waals surface area (Å²) in [6.45, 7) is 4.07. The molecule has 4 atom stereocenters. The monoisotopic (exact) mass is 876 g/mol. The van der Waals surface area contributed by atoms with Gasteiger partial charge in [0.25, 0.3) is 0 Å². The Kier molecular flexibility index (Phi) is 49.8. The van der Waals surface area contributed by atoms with Gasteiger partial charge in [0.15, 0.2) is 0 Å². The van der Waals surface area contributed by atoms with Gasteiger partial charge in [0.05, 0.1) is 18.8 Å². The van der Waals surface area contributed by atoms with Crippen LogP contribution >= 0.6 is 0 Å². The Bertz CT molecular complexity index is 939. The number of nitrogens with one attached hydrogen (secondary N) is 1. The van der Waals surface area contributed by atoms with Crippen molar-refractivity contribution in [3.8, 4) is 0 Å². The van der Waals surface area contributed by atoms with Crippen LogP contribution < -0.4 is 5.32 Å². The van der Waals surface area contributed by atoms with Gasteiger partial charge in [0, 0.05) is 0 Å². The topological polar surface area (TPSA) is 110 Å². The molecule has 4 unspecified atom stereocenters. The molecule has 0 aliphatic heterocycles. The van der Waals surface area contributed by atoms with Gasteiger partial charge in [0.1, 0.15) is 12.2 Å². The molecule has 0 fully saturated rings. The summed E-state index contributed by atoms with van der Waals surface area (Å²) in [6.07, 6.45) is 61.0. The first-order chi connectivity index (χ1) is 30.5. The van der Waals surface area contributed by atoms with E-state index in [1.807, 2.05) is 0 Å². The largest absolute Gasteiger partial charge is 0.394 e. The van der Waals surface area contributed by atoms with E-state index in [1.54, 1.807) is 0 Å². The van der Waals surface area contributed by atoms with E-state index < -0.39 is 36.9 Å². The van der Waals surface area contributed by atoms with Crippen molar-refractivity contribution < 1.29 is 25.2 Å². The maximum atomic E-state index is 12.6. The predicted molar refractivity (Wildman–Crippen MR) is 270 cm³/mol. The van der Waals surface area contributed by atoms with E-state index in [1.165, 1.54) is 231 Å². The molecule has 0 aliphatic carbocycles. The van der Waals surface area contributed by atoms with Crippen molar-refractivity contribution >= 4 is 5.91 Å². The number of amides is 1. The van der Waals surface area contributed by atoms with E-state index in [4.69, 9.17) is 0 Å². The van der Waals surface area contributed by atoms with E-state index in [0.717, 1.165) is 38.5 Å². The van der Waals surface area contributed by atoms with Gasteiger partial charge in [-0.2, -0.15) is 0 Å². The van der Waals surface area contributed by atoms with Crippen molar-refractivity contribution in [1.82, 2.24) is 5.32 Å². The Morgan fingerprint density at radius 3 is 0.968 bits per heavy atom. The third kappa shape index (κ3) is 44.0. The Hall–Kier alpha value is -1.21. The highest BCUT2D eigenvalue weighted by molar-refractivity contribution is 5.80. The molecule has 0 saturated carbocycles. The minimum atomic E-state index is -1.28. The average Bonchev–Trinajstić information content (AvgIpc) is 3.28. The summed E-state index contributed by atoms with van der Waals surface area (Å²) in [5.74, 6) is -0.590. The van der Waals surface area contributed by atoms with Crippen LogP contribution in [0.25, 0.3) is 0 Å². The van der Waals surface area contributed by atoms with Gasteiger partial charge in [-0.05, 0) is 64.2 Å². The second-order valence-corrected chi connectivity index (χ2v) is 19.3. The zero-order chi connectivity index (χ0) is 45.2. The first-order valence-electron chi connectivity index (χ1n) is 27.7. The molecule has 6 heteroatoms. The van der Waals surface area contributed by atoms with Crippen LogP contribution in [-0.2, 0) is 4.79 Å². The number of aliphatic hydroxyl groups excluding tert-OH is 4. The van der Waals surface area contributed by atoms with Crippen molar-refractivity contribution in [3.05, 3.63) is 24.3 Å². The Morgan fingerprint density at radius 1 is 0.387 bits per heavy atom. The fourth-order valence-corrected chi connectivity index (χ4v) is 8.75. The van der Waals surface area contributed by atoms with Crippen LogP contribution in [-0.4, -0.2) is 57.3 Å². The molecule has 368 valence electrons. The highest BCUT2D eigenvalue weighted by atomic mass is 16.3. The molecule has 0 saturated heterocycles. The lowest BCUT2D eigenvalue weighted by molar-refractivity contribution is -0.132. The molecule has 5 N–H and O–H groups in total. The standard InChI is InChI=1S/C56H109NO5/c1-3-5-7-9-11-13-15-17-19-21-23-24-25-26-27-28-29-30-32-34-36-38-40-42-44-46-48-50-54(60)56(62)57-52(51-58)55(61)53(59)49-47-45-43-41-39-37-35-33-31-22-20-18-16-14-12-10-8-6-4-2/h26-27,41,43,52-55,58-61H,3-25,28-40,42,44-51H2,1-2H3,(H,57,62)/b27-26-,43-41+. The lowest BCUT2D eigenvalue weighted by Crippen LogP contribution is -2.53. The van der Waals surface area contributed by atoms with Crippen LogP contribution in [0.15, 0.2) is 24.3 Å². The predicted octanol–water partition coefficient (Wildman–Crippen LogP) is 15.9. The molecule has 0 radical (unpaired) electrons. The number of carbonyl (C=O) groups is 1. The number of aliphatic hydroxyl groups is 4. The van der Waals surface area contributed by atoms with E-state index in [2.05, 4.69) is 43.5 Å². The number of allylic oxidation sites excluding steroid dienone is 4. The highest BCUT2D eigenvalue weighted by Crippen LogP contribution is 2.17. The van der Waals surface area contributed by atoms with Crippen molar-refractivity contribution in [1.29, 1.82) is 0 Å². The first kappa shape index (κ1) is 60.8. The SMILES string of the molecule is CCCCCCCCCCCCCC/C=C\CCCCCCCCCCCCCC(O)C(=O)NC(CO)C(O)C(O)CCC/C=C/CCCCCCCCCCCCCCCC. The van der Waals surface area contributed by atoms with Crippen molar-refractivity contribution in [3.63, 3.8) is 0 Å². The molecule has 0 aromatic heterocycles. The number of hydrogen-bond acceptors (Lipinski definition) is 5. The van der Waals surface area contributed by atoms with E-state index >= 15 is 0 Å². The van der Waals surface area contributed by atoms with Crippen LogP contribution in [0.4, 0.5) is 0 Å². The molecule has 0 aromatic rings. The quantitative estimate of drug-likeness (QED) is 0.0309. The molecule has 0 aromatic carbocycles. The highest BCUT2D eigenvalue weighted by Gasteiger charge is 2.28. The second-order valence-electron chi connectivity index (χ2n) is 19.3. The van der Waals surface area contributed by atoms with E-state index in [9.17, 15) is 25.2 Å². The molecule has 0 aliphatic rings. The summed E-state index contributed by atoms with van der Waals surface area (Å²) in [6, 6.07) is -1.00. The summed E-state index contributed by atoms with van der Waals surface area (Å²) >= 11 is 0. The van der Waals surface area contributed by atoms with Crippen molar-refractivity contribution in [2.75, 3.05) is 6.61 Å². The molecule has 62 heavy (non-hydrogen) atoms. The number of unbranched alkanes of at least 4 members (excludes halogenated alkanes) is 38.